The predicted octanol–water partition coefficient (Wildman–Crippen LogP) is 1.39. The van der Waals surface area contributed by atoms with Crippen LogP contribution in [0, 0.1) is 6.92 Å². The van der Waals surface area contributed by atoms with E-state index >= 15 is 0 Å². The summed E-state index contributed by atoms with van der Waals surface area (Å²) in [6.07, 6.45) is 1.75. The van der Waals surface area contributed by atoms with Crippen molar-refractivity contribution in [2.24, 2.45) is 0 Å². The summed E-state index contributed by atoms with van der Waals surface area (Å²) in [6.45, 7) is 3.04. The molecule has 16 heavy (non-hydrogen) atoms. The largest absolute Gasteiger partial charge is 0.368 e. The van der Waals surface area contributed by atoms with E-state index in [4.69, 9.17) is 0 Å². The topological polar surface area (TPSA) is 50.3 Å². The van der Waals surface area contributed by atoms with E-state index in [1.807, 2.05) is 13.0 Å². The Kier molecular flexibility index (Phi) is 3.21. The van der Waals surface area contributed by atoms with Crippen LogP contribution in [0.25, 0.3) is 0 Å². The molecule has 4 nitrogen and oxygen atoms in total. The summed E-state index contributed by atoms with van der Waals surface area (Å²) in [7, 11) is -2.82. The Balaban J connectivity index is 2.24. The lowest BCUT2D eigenvalue weighted by Gasteiger charge is -2.29. The van der Waals surface area contributed by atoms with Crippen LogP contribution in [0.4, 0.5) is 5.69 Å². The highest BCUT2D eigenvalue weighted by molar-refractivity contribution is 9.10. The summed E-state index contributed by atoms with van der Waals surface area (Å²) in [5, 5.41) is 0. The molecule has 0 bridgehead atoms. The summed E-state index contributed by atoms with van der Waals surface area (Å²) in [5.74, 6) is 0.474. The molecule has 2 rings (SSSR count). The molecule has 6 heteroatoms. The zero-order chi connectivity index (χ0) is 11.8. The monoisotopic (exact) mass is 304 g/mol. The molecule has 1 aromatic heterocycles. The van der Waals surface area contributed by atoms with Crippen molar-refractivity contribution in [3.8, 4) is 0 Å². The molecule has 1 aromatic rings. The Morgan fingerprint density at radius 2 is 2.00 bits per heavy atom. The van der Waals surface area contributed by atoms with Gasteiger partial charge in [-0.05, 0) is 28.9 Å². The van der Waals surface area contributed by atoms with Crippen LogP contribution in [0.15, 0.2) is 16.7 Å². The zero-order valence-electron chi connectivity index (χ0n) is 8.98. The predicted molar refractivity (Wildman–Crippen MR) is 67.5 cm³/mol. The summed E-state index contributed by atoms with van der Waals surface area (Å²) in [5.41, 5.74) is 1.95. The number of anilines is 1. The van der Waals surface area contributed by atoms with Crippen molar-refractivity contribution in [3.05, 3.63) is 22.4 Å². The molecular weight excluding hydrogens is 292 g/mol. The fourth-order valence-electron chi connectivity index (χ4n) is 1.73. The Morgan fingerprint density at radius 1 is 1.38 bits per heavy atom. The highest BCUT2D eigenvalue weighted by Gasteiger charge is 2.23. The lowest BCUT2D eigenvalue weighted by atomic mass is 10.3. The zero-order valence-corrected chi connectivity index (χ0v) is 11.4. The number of aromatic nitrogens is 1. The van der Waals surface area contributed by atoms with Crippen molar-refractivity contribution in [2.45, 2.75) is 6.92 Å². The molecular formula is C10H13BrN2O2S. The van der Waals surface area contributed by atoms with Crippen LogP contribution in [0.1, 0.15) is 5.69 Å². The van der Waals surface area contributed by atoms with Crippen molar-refractivity contribution in [3.63, 3.8) is 0 Å². The van der Waals surface area contributed by atoms with E-state index in [0.717, 1.165) is 15.9 Å². The molecule has 1 aliphatic rings. The molecule has 0 aliphatic carbocycles. The first-order valence-electron chi connectivity index (χ1n) is 5.06. The Hall–Kier alpha value is -0.620. The summed E-state index contributed by atoms with van der Waals surface area (Å²) in [4.78, 5) is 6.25. The molecule has 0 N–H and O–H groups in total. The van der Waals surface area contributed by atoms with Crippen LogP contribution in [0.3, 0.4) is 0 Å². The van der Waals surface area contributed by atoms with Crippen molar-refractivity contribution < 1.29 is 8.42 Å². The lowest BCUT2D eigenvalue weighted by molar-refractivity contribution is 0.586. The third-order valence-corrected chi connectivity index (χ3v) is 5.32. The van der Waals surface area contributed by atoms with Crippen molar-refractivity contribution >= 4 is 31.5 Å². The minimum atomic E-state index is -2.82. The van der Waals surface area contributed by atoms with Gasteiger partial charge in [-0.1, -0.05) is 0 Å². The average molecular weight is 305 g/mol. The first-order valence-corrected chi connectivity index (χ1v) is 7.67. The van der Waals surface area contributed by atoms with Gasteiger partial charge >= 0.3 is 0 Å². The van der Waals surface area contributed by atoms with Crippen molar-refractivity contribution in [2.75, 3.05) is 29.5 Å². The number of halogens is 1. The van der Waals surface area contributed by atoms with Gasteiger partial charge in [0.25, 0.3) is 0 Å². The molecule has 0 spiro atoms. The third kappa shape index (κ3) is 2.38. The molecule has 0 aromatic carbocycles. The molecule has 1 saturated heterocycles. The van der Waals surface area contributed by atoms with Crippen LogP contribution in [0.5, 0.6) is 0 Å². The van der Waals surface area contributed by atoms with Gasteiger partial charge in [0.2, 0.25) is 0 Å². The molecule has 1 aliphatic heterocycles. The van der Waals surface area contributed by atoms with E-state index in [9.17, 15) is 8.42 Å². The van der Waals surface area contributed by atoms with Gasteiger partial charge < -0.3 is 4.90 Å². The van der Waals surface area contributed by atoms with E-state index < -0.39 is 9.84 Å². The molecule has 0 amide bonds. The van der Waals surface area contributed by atoms with E-state index in [1.54, 1.807) is 6.20 Å². The maximum absolute atomic E-state index is 11.3. The van der Waals surface area contributed by atoms with Crippen molar-refractivity contribution in [1.29, 1.82) is 0 Å². The number of sulfone groups is 1. The lowest BCUT2D eigenvalue weighted by Crippen LogP contribution is -2.40. The molecule has 0 unspecified atom stereocenters. The second-order valence-electron chi connectivity index (χ2n) is 3.87. The van der Waals surface area contributed by atoms with E-state index in [0.29, 0.717) is 13.1 Å². The number of hydrogen-bond donors (Lipinski definition) is 0. The molecule has 0 atom stereocenters. The standard InChI is InChI=1S/C10H13BrN2O2S/c1-8-10(11)9(2-3-12-8)13-4-6-16(14,15)7-5-13/h2-3H,4-7H2,1H3. The number of pyridine rings is 1. The van der Waals surface area contributed by atoms with Gasteiger partial charge in [0.05, 0.1) is 27.4 Å². The number of hydrogen-bond acceptors (Lipinski definition) is 4. The van der Waals surface area contributed by atoms with Gasteiger partial charge in [0, 0.05) is 19.3 Å². The second-order valence-corrected chi connectivity index (χ2v) is 6.96. The van der Waals surface area contributed by atoms with Crippen LogP contribution in [-0.2, 0) is 9.84 Å². The van der Waals surface area contributed by atoms with Crippen LogP contribution in [-0.4, -0.2) is 38.0 Å². The van der Waals surface area contributed by atoms with Crippen LogP contribution < -0.4 is 4.90 Å². The van der Waals surface area contributed by atoms with Gasteiger partial charge in [-0.25, -0.2) is 8.42 Å². The van der Waals surface area contributed by atoms with Gasteiger partial charge in [-0.3, -0.25) is 4.98 Å². The molecule has 2 heterocycles. The summed E-state index contributed by atoms with van der Waals surface area (Å²) in [6, 6.07) is 1.91. The molecule has 0 radical (unpaired) electrons. The smallest absolute Gasteiger partial charge is 0.153 e. The number of aryl methyl sites for hydroxylation is 1. The maximum Gasteiger partial charge on any atom is 0.153 e. The molecule has 1 fully saturated rings. The van der Waals surface area contributed by atoms with E-state index in [1.165, 1.54) is 0 Å². The average Bonchev–Trinajstić information content (AvgIpc) is 2.23. The fourth-order valence-corrected chi connectivity index (χ4v) is 3.42. The number of rotatable bonds is 1. The number of nitrogens with zero attached hydrogens (tertiary/aromatic N) is 2. The molecule has 0 saturated carbocycles. The maximum atomic E-state index is 11.3. The normalized spacial score (nSPS) is 19.8. The SMILES string of the molecule is Cc1nccc(N2CCS(=O)(=O)CC2)c1Br. The Bertz CT molecular complexity index is 488. The van der Waals surface area contributed by atoms with Crippen LogP contribution in [0.2, 0.25) is 0 Å². The highest BCUT2D eigenvalue weighted by atomic mass is 79.9. The first kappa shape index (κ1) is 11.9. The van der Waals surface area contributed by atoms with Gasteiger partial charge in [-0.2, -0.15) is 0 Å². The van der Waals surface area contributed by atoms with E-state index in [2.05, 4.69) is 25.8 Å². The minimum absolute atomic E-state index is 0.237. The molecule has 88 valence electrons. The van der Waals surface area contributed by atoms with Gasteiger partial charge in [-0.15, -0.1) is 0 Å². The fraction of sp³-hybridized carbons (Fsp3) is 0.500. The Labute approximate surface area is 104 Å². The third-order valence-electron chi connectivity index (χ3n) is 2.73. The van der Waals surface area contributed by atoms with E-state index in [-0.39, 0.29) is 11.5 Å². The van der Waals surface area contributed by atoms with Gasteiger partial charge in [0.1, 0.15) is 0 Å². The summed E-state index contributed by atoms with van der Waals surface area (Å²) >= 11 is 3.49. The van der Waals surface area contributed by atoms with Crippen molar-refractivity contribution in [1.82, 2.24) is 4.98 Å². The second kappa shape index (κ2) is 4.33. The summed E-state index contributed by atoms with van der Waals surface area (Å²) < 4.78 is 23.6. The minimum Gasteiger partial charge on any atom is -0.368 e. The van der Waals surface area contributed by atoms with Crippen LogP contribution >= 0.6 is 15.9 Å². The van der Waals surface area contributed by atoms with Gasteiger partial charge in [0.15, 0.2) is 9.84 Å². The first-order chi connectivity index (χ1) is 7.49. The quantitative estimate of drug-likeness (QED) is 0.787. The highest BCUT2D eigenvalue weighted by Crippen LogP contribution is 2.28. The Morgan fingerprint density at radius 3 is 2.62 bits per heavy atom.